The average Bonchev–Trinajstić information content (AvgIpc) is 2.93. The van der Waals surface area contributed by atoms with Crippen LogP contribution in [0.5, 0.6) is 5.75 Å². The van der Waals surface area contributed by atoms with Crippen molar-refractivity contribution in [3.63, 3.8) is 0 Å². The number of sulfone groups is 1. The molecule has 1 aromatic heterocycles. The second kappa shape index (κ2) is 8.82. The minimum absolute atomic E-state index is 0.0202. The van der Waals surface area contributed by atoms with Crippen molar-refractivity contribution in [2.24, 2.45) is 0 Å². The second-order valence-corrected chi connectivity index (χ2v) is 9.61. The van der Waals surface area contributed by atoms with Crippen LogP contribution in [0, 0.1) is 5.82 Å². The van der Waals surface area contributed by atoms with E-state index in [2.05, 4.69) is 4.98 Å². The molecular formula is C24H24FN3O4S. The van der Waals surface area contributed by atoms with Crippen LogP contribution in [-0.2, 0) is 22.8 Å². The van der Waals surface area contributed by atoms with E-state index < -0.39 is 33.0 Å². The highest BCUT2D eigenvalue weighted by Gasteiger charge is 2.27. The van der Waals surface area contributed by atoms with E-state index in [4.69, 9.17) is 13.2 Å². The van der Waals surface area contributed by atoms with Crippen molar-refractivity contribution in [1.82, 2.24) is 9.88 Å². The number of ether oxygens (including phenoxy) is 1. The van der Waals surface area contributed by atoms with E-state index in [1.165, 1.54) is 6.07 Å². The summed E-state index contributed by atoms with van der Waals surface area (Å²) in [6.45, 7) is -0.787. The van der Waals surface area contributed by atoms with Crippen molar-refractivity contribution in [2.45, 2.75) is 24.7 Å². The van der Waals surface area contributed by atoms with Gasteiger partial charge in [-0.3, -0.25) is 4.79 Å². The first-order chi connectivity index (χ1) is 16.4. The molecule has 4 rings (SSSR count). The Kier molecular flexibility index (Phi) is 5.39. The van der Waals surface area contributed by atoms with Crippen LogP contribution >= 0.6 is 0 Å². The summed E-state index contributed by atoms with van der Waals surface area (Å²) in [6, 6.07) is 10.6. The molecule has 9 heteroatoms. The van der Waals surface area contributed by atoms with Crippen LogP contribution in [0.2, 0.25) is 0 Å². The van der Waals surface area contributed by atoms with Crippen LogP contribution in [0.25, 0.3) is 11.1 Å². The van der Waals surface area contributed by atoms with Crippen LogP contribution in [-0.4, -0.2) is 43.6 Å². The van der Waals surface area contributed by atoms with E-state index in [1.54, 1.807) is 43.5 Å². The number of nitrogen functional groups attached to an aromatic ring is 1. The molecule has 0 spiro atoms. The molecule has 7 nitrogen and oxygen atoms in total. The summed E-state index contributed by atoms with van der Waals surface area (Å²) in [4.78, 5) is 18.1. The summed E-state index contributed by atoms with van der Waals surface area (Å²) in [5.41, 5.74) is 6.96. The zero-order valence-corrected chi connectivity index (χ0v) is 18.9. The minimum atomic E-state index is -3.84. The van der Waals surface area contributed by atoms with Gasteiger partial charge < -0.3 is 15.4 Å². The molecule has 33 heavy (non-hydrogen) atoms. The fourth-order valence-corrected chi connectivity index (χ4v) is 4.44. The lowest BCUT2D eigenvalue weighted by Crippen LogP contribution is -2.33. The Morgan fingerprint density at radius 3 is 2.67 bits per heavy atom. The Labute approximate surface area is 194 Å². The smallest absolute Gasteiger partial charge is 0.254 e. The first-order valence-corrected chi connectivity index (χ1v) is 12.2. The van der Waals surface area contributed by atoms with Crippen molar-refractivity contribution in [3.8, 4) is 16.9 Å². The van der Waals surface area contributed by atoms with Gasteiger partial charge in [0.1, 0.15) is 28.9 Å². The predicted octanol–water partition coefficient (Wildman–Crippen LogP) is 3.47. The fourth-order valence-electron chi connectivity index (χ4n) is 3.68. The molecule has 0 aliphatic carbocycles. The maximum absolute atomic E-state index is 15.1. The molecule has 3 aromatic rings. The molecule has 1 aliphatic rings. The molecule has 0 atom stereocenters. The zero-order chi connectivity index (χ0) is 25.5. The third-order valence-electron chi connectivity index (χ3n) is 5.36. The zero-order valence-electron chi connectivity index (χ0n) is 20.1. The number of hydrogen-bond acceptors (Lipinski definition) is 6. The van der Waals surface area contributed by atoms with Gasteiger partial charge in [0.15, 0.2) is 9.84 Å². The molecule has 0 bridgehead atoms. The Bertz CT molecular complexity index is 1410. The minimum Gasteiger partial charge on any atom is -0.491 e. The van der Waals surface area contributed by atoms with Crippen molar-refractivity contribution in [2.75, 3.05) is 25.1 Å². The Morgan fingerprint density at radius 2 is 2.00 bits per heavy atom. The molecule has 2 aromatic carbocycles. The van der Waals surface area contributed by atoms with Crippen LogP contribution in [0.3, 0.4) is 0 Å². The molecule has 2 N–H and O–H groups in total. The van der Waals surface area contributed by atoms with Crippen LogP contribution in [0.15, 0.2) is 53.6 Å². The number of benzene rings is 2. The number of aromatic nitrogens is 1. The maximum Gasteiger partial charge on any atom is 0.254 e. The number of anilines is 1. The van der Waals surface area contributed by atoms with E-state index in [1.807, 2.05) is 0 Å². The highest BCUT2D eigenvalue weighted by atomic mass is 32.2. The van der Waals surface area contributed by atoms with Gasteiger partial charge in [-0.1, -0.05) is 13.0 Å². The SMILES string of the molecule is [2H]C1([2H])c2cc(-c3ccc(N)nc3)ccc2OCCN1C(=O)c1ccc(S(C)(=O)=O)c(F)c1CC. The second-order valence-electron chi connectivity index (χ2n) is 7.63. The van der Waals surface area contributed by atoms with Crippen molar-refractivity contribution in [3.05, 3.63) is 71.2 Å². The predicted molar refractivity (Wildman–Crippen MR) is 123 cm³/mol. The number of carbonyl (C=O) groups is 1. The van der Waals surface area contributed by atoms with E-state index >= 15 is 4.39 Å². The number of fused-ring (bicyclic) bond motifs is 1. The van der Waals surface area contributed by atoms with Gasteiger partial charge >= 0.3 is 0 Å². The normalized spacial score (nSPS) is 16.2. The van der Waals surface area contributed by atoms with Gasteiger partial charge in [0, 0.05) is 41.2 Å². The van der Waals surface area contributed by atoms with E-state index in [0.29, 0.717) is 16.9 Å². The van der Waals surface area contributed by atoms with E-state index in [-0.39, 0.29) is 42.0 Å². The number of nitrogens with two attached hydrogens (primary N) is 1. The lowest BCUT2D eigenvalue weighted by atomic mass is 10.0. The van der Waals surface area contributed by atoms with E-state index in [9.17, 15) is 13.2 Å². The molecular weight excluding hydrogens is 445 g/mol. The molecule has 0 fully saturated rings. The van der Waals surface area contributed by atoms with Gasteiger partial charge in [-0.2, -0.15) is 0 Å². The van der Waals surface area contributed by atoms with Crippen LogP contribution in [0.4, 0.5) is 10.2 Å². The van der Waals surface area contributed by atoms with Crippen molar-refractivity contribution >= 4 is 21.6 Å². The summed E-state index contributed by atoms with van der Waals surface area (Å²) >= 11 is 0. The van der Waals surface area contributed by atoms with Gasteiger partial charge in [-0.15, -0.1) is 0 Å². The molecule has 0 unspecified atom stereocenters. The van der Waals surface area contributed by atoms with Crippen molar-refractivity contribution < 1.29 is 25.1 Å². The molecule has 0 saturated heterocycles. The number of carbonyl (C=O) groups excluding carboxylic acids is 1. The summed E-state index contributed by atoms with van der Waals surface area (Å²) < 4.78 is 62.4. The summed E-state index contributed by atoms with van der Waals surface area (Å²) in [6.07, 6.45) is 2.50. The van der Waals surface area contributed by atoms with Crippen LogP contribution < -0.4 is 10.5 Å². The van der Waals surface area contributed by atoms with E-state index in [0.717, 1.165) is 17.2 Å². The number of halogens is 1. The molecule has 0 radical (unpaired) electrons. The first-order valence-electron chi connectivity index (χ1n) is 11.3. The number of hydrogen-bond donors (Lipinski definition) is 1. The topological polar surface area (TPSA) is 103 Å². The van der Waals surface area contributed by atoms with Gasteiger partial charge in [0.25, 0.3) is 5.91 Å². The first kappa shape index (κ1) is 20.2. The highest BCUT2D eigenvalue weighted by molar-refractivity contribution is 7.90. The molecule has 0 saturated carbocycles. The Hall–Kier alpha value is -3.46. The summed E-state index contributed by atoms with van der Waals surface area (Å²) in [7, 11) is -3.84. The van der Waals surface area contributed by atoms with Gasteiger partial charge in [0.05, 0.1) is 9.29 Å². The van der Waals surface area contributed by atoms with Crippen molar-refractivity contribution in [1.29, 1.82) is 0 Å². The number of nitrogens with zero attached hydrogens (tertiary/aromatic N) is 2. The third kappa shape index (κ3) is 4.54. The van der Waals surface area contributed by atoms with Gasteiger partial charge in [0.2, 0.25) is 0 Å². The van der Waals surface area contributed by atoms with Crippen LogP contribution in [0.1, 0.15) is 31.2 Å². The van der Waals surface area contributed by atoms with Gasteiger partial charge in [-0.25, -0.2) is 17.8 Å². The standard InChI is InChI=1S/C24H24FN3O4S/c1-3-18-19(6-8-21(23(18)25)33(2,30)31)24(29)28-10-11-32-20-7-4-15(12-17(20)14-28)16-5-9-22(26)27-13-16/h4-9,12-13H,3,10-11,14H2,1-2H3,(H2,26,27)/i14D2. The Balaban J connectivity index is 1.79. The lowest BCUT2D eigenvalue weighted by Gasteiger charge is -2.22. The monoisotopic (exact) mass is 471 g/mol. The lowest BCUT2D eigenvalue weighted by molar-refractivity contribution is 0.0731. The largest absolute Gasteiger partial charge is 0.491 e. The highest BCUT2D eigenvalue weighted by Crippen LogP contribution is 2.31. The molecule has 2 heterocycles. The summed E-state index contributed by atoms with van der Waals surface area (Å²) in [5, 5.41) is 0. The van der Waals surface area contributed by atoms with Gasteiger partial charge in [-0.05, 0) is 48.4 Å². The number of amides is 1. The molecule has 172 valence electrons. The molecule has 1 aliphatic heterocycles. The number of rotatable bonds is 4. The third-order valence-corrected chi connectivity index (χ3v) is 6.48. The maximum atomic E-state index is 15.1. The quantitative estimate of drug-likeness (QED) is 0.625. The fraction of sp³-hybridized carbons (Fsp3) is 0.250. The summed E-state index contributed by atoms with van der Waals surface area (Å²) in [5.74, 6) is -1.13. The number of pyridine rings is 1. The Morgan fingerprint density at radius 1 is 1.24 bits per heavy atom. The average molecular weight is 472 g/mol. The molecule has 1 amide bonds.